The molecule has 2 atom stereocenters. The van der Waals surface area contributed by atoms with Crippen molar-refractivity contribution in [3.05, 3.63) is 24.3 Å². The van der Waals surface area contributed by atoms with E-state index < -0.39 is 5.97 Å². The molecule has 2 nitrogen and oxygen atoms in total. The van der Waals surface area contributed by atoms with Crippen LogP contribution in [0.4, 0.5) is 0 Å². The van der Waals surface area contributed by atoms with Crippen LogP contribution >= 0.6 is 0 Å². The van der Waals surface area contributed by atoms with Crippen molar-refractivity contribution in [2.45, 2.75) is 32.6 Å². The molecule has 1 fully saturated rings. The molecule has 78 valence electrons. The summed E-state index contributed by atoms with van der Waals surface area (Å²) in [4.78, 5) is 10.6. The first-order valence-electron chi connectivity index (χ1n) is 5.17. The molecule has 0 aromatic heterocycles. The van der Waals surface area contributed by atoms with Crippen LogP contribution in [-0.4, -0.2) is 11.1 Å². The molecule has 2 heteroatoms. The fourth-order valence-corrected chi connectivity index (χ4v) is 2.06. The summed E-state index contributed by atoms with van der Waals surface area (Å²) < 4.78 is 0. The van der Waals surface area contributed by atoms with Crippen LogP contribution in [0.25, 0.3) is 0 Å². The molecule has 0 aromatic carbocycles. The second-order valence-corrected chi connectivity index (χ2v) is 4.08. The van der Waals surface area contributed by atoms with E-state index in [1.54, 1.807) is 6.92 Å². The molecule has 0 amide bonds. The standard InChI is InChI=1S/C12H18O2/c1-3-10-5-4-6-11(8-10)7-9(2)12(13)14/h3,7,10-11H,1,4-6,8H2,2H3,(H,13,14). The molecule has 0 saturated heterocycles. The molecule has 0 aliphatic heterocycles. The maximum atomic E-state index is 10.6. The van der Waals surface area contributed by atoms with Crippen LogP contribution in [0.2, 0.25) is 0 Å². The van der Waals surface area contributed by atoms with Crippen molar-refractivity contribution in [3.8, 4) is 0 Å². The predicted molar refractivity (Wildman–Crippen MR) is 57.0 cm³/mol. The van der Waals surface area contributed by atoms with Crippen molar-refractivity contribution in [2.75, 3.05) is 0 Å². The normalized spacial score (nSPS) is 28.5. The van der Waals surface area contributed by atoms with Crippen molar-refractivity contribution < 1.29 is 9.90 Å². The molecule has 2 unspecified atom stereocenters. The van der Waals surface area contributed by atoms with Crippen molar-refractivity contribution in [1.82, 2.24) is 0 Å². The van der Waals surface area contributed by atoms with E-state index in [2.05, 4.69) is 6.58 Å². The fraction of sp³-hybridized carbons (Fsp3) is 0.583. The molecule has 0 bridgehead atoms. The number of allylic oxidation sites excluding steroid dienone is 2. The van der Waals surface area contributed by atoms with E-state index in [9.17, 15) is 4.79 Å². The lowest BCUT2D eigenvalue weighted by Crippen LogP contribution is -2.13. The minimum Gasteiger partial charge on any atom is -0.478 e. The summed E-state index contributed by atoms with van der Waals surface area (Å²) in [5.74, 6) is 0.208. The quantitative estimate of drug-likeness (QED) is 0.554. The maximum absolute atomic E-state index is 10.6. The van der Waals surface area contributed by atoms with Gasteiger partial charge in [-0.3, -0.25) is 0 Å². The summed E-state index contributed by atoms with van der Waals surface area (Å²) in [6.07, 6.45) is 8.47. The van der Waals surface area contributed by atoms with Crippen molar-refractivity contribution in [2.24, 2.45) is 11.8 Å². The zero-order valence-corrected chi connectivity index (χ0v) is 8.70. The van der Waals surface area contributed by atoms with Gasteiger partial charge in [-0.25, -0.2) is 4.79 Å². The van der Waals surface area contributed by atoms with Crippen LogP contribution in [0.5, 0.6) is 0 Å². The van der Waals surface area contributed by atoms with E-state index in [-0.39, 0.29) is 0 Å². The lowest BCUT2D eigenvalue weighted by Gasteiger charge is -2.25. The number of aliphatic carboxylic acids is 1. The lowest BCUT2D eigenvalue weighted by molar-refractivity contribution is -0.132. The Morgan fingerprint density at radius 1 is 1.43 bits per heavy atom. The van der Waals surface area contributed by atoms with Gasteiger partial charge in [-0.15, -0.1) is 6.58 Å². The first kappa shape index (κ1) is 11.0. The Labute approximate surface area is 85.3 Å². The molecule has 1 aliphatic rings. The Hall–Kier alpha value is -1.05. The average Bonchev–Trinajstić information content (AvgIpc) is 2.18. The van der Waals surface area contributed by atoms with E-state index in [1.807, 2.05) is 12.2 Å². The Morgan fingerprint density at radius 3 is 2.64 bits per heavy atom. The fourth-order valence-electron chi connectivity index (χ4n) is 2.06. The predicted octanol–water partition coefficient (Wildman–Crippen LogP) is 3.01. The summed E-state index contributed by atoms with van der Waals surface area (Å²) in [5.41, 5.74) is 0.472. The number of carboxylic acids is 1. The van der Waals surface area contributed by atoms with Gasteiger partial charge in [0, 0.05) is 5.57 Å². The monoisotopic (exact) mass is 194 g/mol. The molecule has 1 N–H and O–H groups in total. The summed E-state index contributed by atoms with van der Waals surface area (Å²) in [6.45, 7) is 5.46. The second-order valence-electron chi connectivity index (χ2n) is 4.08. The van der Waals surface area contributed by atoms with Gasteiger partial charge >= 0.3 is 5.97 Å². The molecule has 0 spiro atoms. The number of hydrogen-bond donors (Lipinski definition) is 1. The topological polar surface area (TPSA) is 37.3 Å². The minimum atomic E-state index is -0.800. The minimum absolute atomic E-state index is 0.433. The van der Waals surface area contributed by atoms with E-state index in [0.717, 1.165) is 12.8 Å². The van der Waals surface area contributed by atoms with Crippen LogP contribution in [-0.2, 0) is 4.79 Å². The molecular weight excluding hydrogens is 176 g/mol. The van der Waals surface area contributed by atoms with Gasteiger partial charge < -0.3 is 5.11 Å². The van der Waals surface area contributed by atoms with Crippen LogP contribution in [0.3, 0.4) is 0 Å². The number of rotatable bonds is 3. The van der Waals surface area contributed by atoms with Gasteiger partial charge in [-0.2, -0.15) is 0 Å². The maximum Gasteiger partial charge on any atom is 0.330 e. The summed E-state index contributed by atoms with van der Waals surface area (Å²) in [5, 5.41) is 8.75. The second kappa shape index (κ2) is 4.99. The summed E-state index contributed by atoms with van der Waals surface area (Å²) >= 11 is 0. The summed E-state index contributed by atoms with van der Waals surface area (Å²) in [7, 11) is 0. The highest BCUT2D eigenvalue weighted by molar-refractivity contribution is 5.85. The van der Waals surface area contributed by atoms with Crippen molar-refractivity contribution in [3.63, 3.8) is 0 Å². The van der Waals surface area contributed by atoms with Gasteiger partial charge in [0.05, 0.1) is 0 Å². The molecule has 1 aliphatic carbocycles. The van der Waals surface area contributed by atoms with Gasteiger partial charge in [-0.1, -0.05) is 18.6 Å². The Bertz CT molecular complexity index is 253. The zero-order chi connectivity index (χ0) is 10.6. The highest BCUT2D eigenvalue weighted by Gasteiger charge is 2.18. The molecular formula is C12H18O2. The first-order valence-corrected chi connectivity index (χ1v) is 5.17. The Balaban J connectivity index is 2.56. The third-order valence-corrected chi connectivity index (χ3v) is 2.91. The first-order chi connectivity index (χ1) is 6.63. The SMILES string of the molecule is C=CC1CCCC(C=C(C)C(=O)O)C1. The Kier molecular flexibility index (Phi) is 3.93. The molecule has 14 heavy (non-hydrogen) atoms. The molecule has 0 aromatic rings. The van der Waals surface area contributed by atoms with Gasteiger partial charge in [0.25, 0.3) is 0 Å². The highest BCUT2D eigenvalue weighted by atomic mass is 16.4. The van der Waals surface area contributed by atoms with Crippen LogP contribution < -0.4 is 0 Å². The highest BCUT2D eigenvalue weighted by Crippen LogP contribution is 2.30. The van der Waals surface area contributed by atoms with Gasteiger partial charge in [0.15, 0.2) is 0 Å². The summed E-state index contributed by atoms with van der Waals surface area (Å²) in [6, 6.07) is 0. The number of hydrogen-bond acceptors (Lipinski definition) is 1. The largest absolute Gasteiger partial charge is 0.478 e. The molecule has 0 radical (unpaired) electrons. The molecule has 1 saturated carbocycles. The van der Waals surface area contributed by atoms with Crippen LogP contribution in [0, 0.1) is 11.8 Å². The van der Waals surface area contributed by atoms with E-state index in [1.165, 1.54) is 12.8 Å². The number of carboxylic acid groups (broad SMARTS) is 1. The van der Waals surface area contributed by atoms with Gasteiger partial charge in [0.1, 0.15) is 0 Å². The molecule has 1 rings (SSSR count). The van der Waals surface area contributed by atoms with Crippen LogP contribution in [0.15, 0.2) is 24.3 Å². The third kappa shape index (κ3) is 3.02. The average molecular weight is 194 g/mol. The van der Waals surface area contributed by atoms with Gasteiger partial charge in [0.2, 0.25) is 0 Å². The van der Waals surface area contributed by atoms with E-state index >= 15 is 0 Å². The van der Waals surface area contributed by atoms with Crippen LogP contribution in [0.1, 0.15) is 32.6 Å². The van der Waals surface area contributed by atoms with E-state index in [4.69, 9.17) is 5.11 Å². The number of carbonyl (C=O) groups is 1. The lowest BCUT2D eigenvalue weighted by atomic mass is 9.81. The third-order valence-electron chi connectivity index (χ3n) is 2.91. The van der Waals surface area contributed by atoms with Crippen molar-refractivity contribution in [1.29, 1.82) is 0 Å². The van der Waals surface area contributed by atoms with Gasteiger partial charge in [-0.05, 0) is 38.0 Å². The zero-order valence-electron chi connectivity index (χ0n) is 8.70. The van der Waals surface area contributed by atoms with Crippen molar-refractivity contribution >= 4 is 5.97 Å². The molecule has 0 heterocycles. The Morgan fingerprint density at radius 2 is 2.07 bits per heavy atom. The van der Waals surface area contributed by atoms with E-state index in [0.29, 0.717) is 17.4 Å². The smallest absolute Gasteiger partial charge is 0.330 e.